The second-order valence-electron chi connectivity index (χ2n) is 3.86. The Hall–Kier alpha value is -1.49. The zero-order valence-corrected chi connectivity index (χ0v) is 10.9. The first-order valence-corrected chi connectivity index (χ1v) is 6.95. The predicted octanol–water partition coefficient (Wildman–Crippen LogP) is 1.26. The van der Waals surface area contributed by atoms with E-state index in [0.717, 1.165) is 4.90 Å². The molecule has 0 heterocycles. The molecule has 0 aromatic heterocycles. The average molecular weight is 271 g/mol. The standard InChI is InChI=1S/C11H14NO5P/c1-8(13)12(9(2)14)11-5-3-10(4-6-11)7-18(15,16)17/h3-6H,7H2,1-2H3,(H2,15,16,17). The fourth-order valence-electron chi connectivity index (χ4n) is 1.57. The summed E-state index contributed by atoms with van der Waals surface area (Å²) in [5, 5.41) is 0. The molecule has 2 amide bonds. The number of anilines is 1. The SMILES string of the molecule is CC(=O)N(C(C)=O)c1ccc(CP(=O)(O)O)cc1. The van der Waals surface area contributed by atoms with Gasteiger partial charge in [0.1, 0.15) is 0 Å². The average Bonchev–Trinajstić information content (AvgIpc) is 2.17. The van der Waals surface area contributed by atoms with Crippen LogP contribution in [0.1, 0.15) is 19.4 Å². The molecule has 98 valence electrons. The number of amides is 2. The number of hydrogen-bond donors (Lipinski definition) is 2. The molecule has 1 aromatic rings. The quantitative estimate of drug-likeness (QED) is 0.807. The molecule has 18 heavy (non-hydrogen) atoms. The van der Waals surface area contributed by atoms with Gasteiger partial charge in [-0.1, -0.05) is 12.1 Å². The summed E-state index contributed by atoms with van der Waals surface area (Å²) >= 11 is 0. The Balaban J connectivity index is 2.98. The Labute approximate surface area is 104 Å². The van der Waals surface area contributed by atoms with Crippen LogP contribution in [0.4, 0.5) is 5.69 Å². The molecule has 0 radical (unpaired) electrons. The Morgan fingerprint density at radius 1 is 1.11 bits per heavy atom. The van der Waals surface area contributed by atoms with E-state index in [1.165, 1.54) is 38.1 Å². The van der Waals surface area contributed by atoms with Gasteiger partial charge < -0.3 is 9.79 Å². The van der Waals surface area contributed by atoms with Crippen LogP contribution in [0.2, 0.25) is 0 Å². The van der Waals surface area contributed by atoms with Crippen molar-refractivity contribution in [3.8, 4) is 0 Å². The molecule has 1 rings (SSSR count). The number of benzene rings is 1. The lowest BCUT2D eigenvalue weighted by molar-refractivity contribution is -0.124. The van der Waals surface area contributed by atoms with Crippen LogP contribution in [0.15, 0.2) is 24.3 Å². The van der Waals surface area contributed by atoms with Gasteiger partial charge in [0.2, 0.25) is 11.8 Å². The minimum absolute atomic E-state index is 0.368. The van der Waals surface area contributed by atoms with Crippen molar-refractivity contribution < 1.29 is 23.9 Å². The minimum atomic E-state index is -4.11. The molecule has 0 atom stereocenters. The predicted molar refractivity (Wildman–Crippen MR) is 66.0 cm³/mol. The van der Waals surface area contributed by atoms with Gasteiger partial charge in [0.05, 0.1) is 11.8 Å². The molecule has 1 aromatic carbocycles. The summed E-state index contributed by atoms with van der Waals surface area (Å²) in [4.78, 5) is 41.2. The van der Waals surface area contributed by atoms with Gasteiger partial charge in [0.25, 0.3) is 0 Å². The molecule has 2 N–H and O–H groups in total. The van der Waals surface area contributed by atoms with E-state index in [2.05, 4.69) is 0 Å². The number of rotatable bonds is 3. The topological polar surface area (TPSA) is 94.9 Å². The summed E-state index contributed by atoms with van der Waals surface area (Å²) in [6.45, 7) is 2.54. The molecule has 0 bridgehead atoms. The van der Waals surface area contributed by atoms with Crippen molar-refractivity contribution in [1.29, 1.82) is 0 Å². The maximum absolute atomic E-state index is 11.3. The van der Waals surface area contributed by atoms with E-state index < -0.39 is 19.4 Å². The van der Waals surface area contributed by atoms with Crippen LogP contribution in [-0.4, -0.2) is 21.6 Å². The highest BCUT2D eigenvalue weighted by Gasteiger charge is 2.17. The summed E-state index contributed by atoms with van der Waals surface area (Å²) < 4.78 is 10.8. The third-order valence-corrected chi connectivity index (χ3v) is 2.99. The molecule has 0 spiro atoms. The molecule has 0 saturated carbocycles. The van der Waals surface area contributed by atoms with Crippen molar-refractivity contribution in [3.63, 3.8) is 0 Å². The zero-order chi connectivity index (χ0) is 13.9. The number of imide groups is 1. The third-order valence-electron chi connectivity index (χ3n) is 2.21. The van der Waals surface area contributed by atoms with Crippen LogP contribution in [0.3, 0.4) is 0 Å². The van der Waals surface area contributed by atoms with Crippen molar-refractivity contribution in [2.75, 3.05) is 4.90 Å². The lowest BCUT2D eigenvalue weighted by Crippen LogP contribution is -2.32. The van der Waals surface area contributed by atoms with Crippen molar-refractivity contribution in [3.05, 3.63) is 29.8 Å². The second-order valence-corrected chi connectivity index (χ2v) is 5.51. The molecule has 6 nitrogen and oxygen atoms in total. The van der Waals surface area contributed by atoms with Gasteiger partial charge in [-0.25, -0.2) is 0 Å². The first-order chi connectivity index (χ1) is 8.20. The third kappa shape index (κ3) is 4.07. The van der Waals surface area contributed by atoms with Crippen LogP contribution in [0, 0.1) is 0 Å². The minimum Gasteiger partial charge on any atom is -0.324 e. The highest BCUT2D eigenvalue weighted by Crippen LogP contribution is 2.39. The van der Waals surface area contributed by atoms with Gasteiger partial charge in [0, 0.05) is 13.8 Å². The molecule has 0 fully saturated rings. The molecule has 0 unspecified atom stereocenters. The molecule has 0 aliphatic rings. The van der Waals surface area contributed by atoms with Crippen molar-refractivity contribution in [2.24, 2.45) is 0 Å². The van der Waals surface area contributed by atoms with Gasteiger partial charge >= 0.3 is 7.60 Å². The largest absolute Gasteiger partial charge is 0.329 e. The first-order valence-electron chi connectivity index (χ1n) is 5.15. The molecule has 0 saturated heterocycles. The fraction of sp³-hybridized carbons (Fsp3) is 0.273. The monoisotopic (exact) mass is 271 g/mol. The zero-order valence-electron chi connectivity index (χ0n) is 10.0. The van der Waals surface area contributed by atoms with Gasteiger partial charge in [-0.15, -0.1) is 0 Å². The van der Waals surface area contributed by atoms with E-state index >= 15 is 0 Å². The maximum atomic E-state index is 11.3. The molecule has 7 heteroatoms. The normalized spacial score (nSPS) is 11.1. The van der Waals surface area contributed by atoms with Crippen LogP contribution in [0.25, 0.3) is 0 Å². The van der Waals surface area contributed by atoms with Crippen molar-refractivity contribution >= 4 is 25.1 Å². The van der Waals surface area contributed by atoms with Gasteiger partial charge in [-0.2, -0.15) is 0 Å². The van der Waals surface area contributed by atoms with E-state index in [4.69, 9.17) is 9.79 Å². The first kappa shape index (κ1) is 14.6. The highest BCUT2D eigenvalue weighted by molar-refractivity contribution is 7.50. The van der Waals surface area contributed by atoms with Crippen LogP contribution >= 0.6 is 7.60 Å². The molecular formula is C11H14NO5P. The summed E-state index contributed by atoms with van der Waals surface area (Å²) in [6, 6.07) is 5.92. The van der Waals surface area contributed by atoms with Crippen molar-refractivity contribution in [2.45, 2.75) is 20.0 Å². The summed E-state index contributed by atoms with van der Waals surface area (Å²) in [5.74, 6) is -0.824. The lowest BCUT2D eigenvalue weighted by atomic mass is 10.2. The van der Waals surface area contributed by atoms with E-state index in [1.54, 1.807) is 0 Å². The smallest absolute Gasteiger partial charge is 0.324 e. The molecule has 0 aliphatic heterocycles. The number of carbonyl (C=O) groups is 2. The number of hydrogen-bond acceptors (Lipinski definition) is 3. The number of nitrogens with zero attached hydrogens (tertiary/aromatic N) is 1. The van der Waals surface area contributed by atoms with Gasteiger partial charge in [-0.3, -0.25) is 19.1 Å². The van der Waals surface area contributed by atoms with E-state index in [9.17, 15) is 14.2 Å². The molecular weight excluding hydrogens is 257 g/mol. The van der Waals surface area contributed by atoms with E-state index in [0.29, 0.717) is 11.3 Å². The van der Waals surface area contributed by atoms with Crippen LogP contribution < -0.4 is 4.90 Å². The summed E-state index contributed by atoms with van der Waals surface area (Å²) in [6.07, 6.45) is -0.368. The summed E-state index contributed by atoms with van der Waals surface area (Å²) in [5.41, 5.74) is 0.823. The van der Waals surface area contributed by atoms with Crippen LogP contribution in [0.5, 0.6) is 0 Å². The second kappa shape index (κ2) is 5.44. The van der Waals surface area contributed by atoms with E-state index in [1.807, 2.05) is 0 Å². The fourth-order valence-corrected chi connectivity index (χ4v) is 2.26. The Morgan fingerprint density at radius 2 is 1.56 bits per heavy atom. The van der Waals surface area contributed by atoms with Gasteiger partial charge in [0.15, 0.2) is 0 Å². The Kier molecular flexibility index (Phi) is 4.40. The Morgan fingerprint density at radius 3 is 1.89 bits per heavy atom. The van der Waals surface area contributed by atoms with Gasteiger partial charge in [-0.05, 0) is 17.7 Å². The number of carbonyl (C=O) groups excluding carboxylic acids is 2. The molecule has 0 aliphatic carbocycles. The lowest BCUT2D eigenvalue weighted by Gasteiger charge is -2.17. The van der Waals surface area contributed by atoms with Crippen molar-refractivity contribution in [1.82, 2.24) is 0 Å². The van der Waals surface area contributed by atoms with E-state index in [-0.39, 0.29) is 6.16 Å². The van der Waals surface area contributed by atoms with Crippen LogP contribution in [-0.2, 0) is 20.3 Å². The summed E-state index contributed by atoms with van der Waals surface area (Å²) in [7, 11) is -4.11. The Bertz CT molecular complexity index is 491. The maximum Gasteiger partial charge on any atom is 0.329 e. The highest BCUT2D eigenvalue weighted by atomic mass is 31.2.